The van der Waals surface area contributed by atoms with E-state index >= 15 is 0 Å². The van der Waals surface area contributed by atoms with Gasteiger partial charge in [0.05, 0.1) is 19.4 Å². The van der Waals surface area contributed by atoms with Gasteiger partial charge in [-0.25, -0.2) is 4.79 Å². The first kappa shape index (κ1) is 15.7. The highest BCUT2D eigenvalue weighted by Gasteiger charge is 2.40. The fourth-order valence-electron chi connectivity index (χ4n) is 0.950. The van der Waals surface area contributed by atoms with Crippen molar-refractivity contribution in [3.63, 3.8) is 0 Å². The highest BCUT2D eigenvalue weighted by Crippen LogP contribution is 2.15. The minimum Gasteiger partial charge on any atom is -0.481 e. The maximum atomic E-state index is 10.3. The van der Waals surface area contributed by atoms with E-state index < -0.39 is 36.4 Å². The number of aliphatic hydroxyl groups is 1. The molecule has 4 N–H and O–H groups in total. The van der Waals surface area contributed by atoms with Crippen LogP contribution in [0.1, 0.15) is 12.8 Å². The van der Waals surface area contributed by atoms with Gasteiger partial charge in [0.25, 0.3) is 0 Å². The Morgan fingerprint density at radius 2 is 1.61 bits per heavy atom. The van der Waals surface area contributed by atoms with Crippen LogP contribution in [0.25, 0.3) is 0 Å². The van der Waals surface area contributed by atoms with E-state index in [0.29, 0.717) is 0 Å². The Kier molecular flexibility index (Phi) is 6.21. The van der Waals surface area contributed by atoms with E-state index in [4.69, 9.17) is 20.4 Å². The van der Waals surface area contributed by atoms with Gasteiger partial charge < -0.3 is 20.4 Å². The molecule has 1 aliphatic rings. The zero-order valence-electron chi connectivity index (χ0n) is 9.18. The van der Waals surface area contributed by atoms with E-state index in [1.165, 1.54) is 0 Å². The summed E-state index contributed by atoms with van der Waals surface area (Å²) in [7, 11) is 0. The smallest absolute Gasteiger partial charge is 0.336 e. The van der Waals surface area contributed by atoms with Crippen molar-refractivity contribution in [2.75, 3.05) is 6.54 Å². The fraction of sp³-hybridized carbons (Fsp3) is 0.444. The average molecular weight is 260 g/mol. The summed E-state index contributed by atoms with van der Waals surface area (Å²) in [4.78, 5) is 30.5. The molecule has 100 valence electrons. The van der Waals surface area contributed by atoms with Crippen molar-refractivity contribution in [3.05, 3.63) is 12.3 Å². The van der Waals surface area contributed by atoms with Crippen molar-refractivity contribution in [3.8, 4) is 0 Å². The minimum absolute atomic E-state index is 0.778. The molecule has 0 aliphatic carbocycles. The van der Waals surface area contributed by atoms with Crippen LogP contribution in [-0.2, 0) is 14.4 Å². The molecule has 0 spiro atoms. The molecule has 9 nitrogen and oxygen atoms in total. The van der Waals surface area contributed by atoms with Gasteiger partial charge in [-0.1, -0.05) is 0 Å². The molecule has 0 radical (unpaired) electrons. The van der Waals surface area contributed by atoms with E-state index in [-0.39, 0.29) is 0 Å². The second kappa shape index (κ2) is 7.12. The van der Waals surface area contributed by atoms with Gasteiger partial charge >= 0.3 is 17.9 Å². The molecule has 0 atom stereocenters. The van der Waals surface area contributed by atoms with Gasteiger partial charge in [-0.05, 0) is 6.08 Å². The molecule has 1 heterocycles. The molecule has 0 aromatic carbocycles. The largest absolute Gasteiger partial charge is 0.481 e. The molecule has 0 amide bonds. The van der Waals surface area contributed by atoms with Crippen LogP contribution in [0.2, 0.25) is 0 Å². The van der Waals surface area contributed by atoms with Crippen molar-refractivity contribution in [1.82, 2.24) is 0 Å². The summed E-state index contributed by atoms with van der Waals surface area (Å²) in [6, 6.07) is 0. The molecule has 9 heteroatoms. The third kappa shape index (κ3) is 6.33. The zero-order valence-corrected chi connectivity index (χ0v) is 9.18. The van der Waals surface area contributed by atoms with Gasteiger partial charge in [0.2, 0.25) is 0 Å². The lowest BCUT2D eigenvalue weighted by molar-refractivity contribution is -0.170. The number of carbonyl (C=O) groups is 3. The maximum Gasteiger partial charge on any atom is 0.336 e. The number of nitrogens with zero attached hydrogens (tertiary/aromatic N) is 2. The van der Waals surface area contributed by atoms with Crippen molar-refractivity contribution < 1.29 is 34.8 Å². The van der Waals surface area contributed by atoms with Crippen LogP contribution in [0.5, 0.6) is 0 Å². The van der Waals surface area contributed by atoms with Crippen LogP contribution in [0.4, 0.5) is 0 Å². The Morgan fingerprint density at radius 1 is 1.11 bits per heavy atom. The van der Waals surface area contributed by atoms with E-state index in [0.717, 1.165) is 6.54 Å². The van der Waals surface area contributed by atoms with Crippen LogP contribution in [0, 0.1) is 0 Å². The lowest BCUT2D eigenvalue weighted by atomic mass is 9.96. The molecule has 0 bridgehead atoms. The first-order valence-corrected chi connectivity index (χ1v) is 4.69. The zero-order chi connectivity index (χ0) is 14.2. The molecule has 0 unspecified atom stereocenters. The highest BCUT2D eigenvalue weighted by molar-refractivity contribution is 5.88. The Bertz CT molecular complexity index is 362. The van der Waals surface area contributed by atoms with E-state index in [1.54, 1.807) is 6.20 Å². The van der Waals surface area contributed by atoms with Crippen molar-refractivity contribution in [1.29, 1.82) is 0 Å². The third-order valence-corrected chi connectivity index (χ3v) is 1.73. The number of aliphatic carboxylic acids is 3. The Morgan fingerprint density at radius 3 is 1.78 bits per heavy atom. The molecular formula is C9H12N2O7. The molecule has 0 aromatic heterocycles. The number of hydrogen-bond donors (Lipinski definition) is 4. The predicted octanol–water partition coefficient (Wildman–Crippen LogP) is -0.283. The van der Waals surface area contributed by atoms with E-state index in [1.807, 2.05) is 6.08 Å². The minimum atomic E-state index is -2.74. The summed E-state index contributed by atoms with van der Waals surface area (Å²) in [6.45, 7) is 0.778. The van der Waals surface area contributed by atoms with E-state index in [9.17, 15) is 14.4 Å². The summed E-state index contributed by atoms with van der Waals surface area (Å²) in [5, 5.41) is 40.9. The third-order valence-electron chi connectivity index (χ3n) is 1.73. The summed E-state index contributed by atoms with van der Waals surface area (Å²) in [5.41, 5.74) is -2.74. The van der Waals surface area contributed by atoms with E-state index in [2.05, 4.69) is 10.2 Å². The highest BCUT2D eigenvalue weighted by atomic mass is 16.4. The molecule has 1 aliphatic heterocycles. The number of carboxylic acid groups (broad SMARTS) is 3. The quantitative estimate of drug-likeness (QED) is 0.529. The first-order valence-electron chi connectivity index (χ1n) is 4.69. The summed E-state index contributed by atoms with van der Waals surface area (Å²) in [6.07, 6.45) is 1.31. The molecule has 0 fully saturated rings. The lowest BCUT2D eigenvalue weighted by Gasteiger charge is -2.18. The van der Waals surface area contributed by atoms with Crippen molar-refractivity contribution >= 4 is 17.9 Å². The summed E-state index contributed by atoms with van der Waals surface area (Å²) < 4.78 is 0. The molecule has 0 aromatic rings. The van der Waals surface area contributed by atoms with Gasteiger partial charge in [-0.2, -0.15) is 10.2 Å². The van der Waals surface area contributed by atoms with Crippen molar-refractivity contribution in [2.45, 2.75) is 18.4 Å². The summed E-state index contributed by atoms with van der Waals surface area (Å²) >= 11 is 0. The SMILES string of the molecule is C1=CN=NC1.O=C(O)CC(O)(CC(=O)O)C(=O)O. The Balaban J connectivity index is 0.000000473. The standard InChI is InChI=1S/C6H8O7.C3H4N2/c7-3(8)1-6(13,5(11)12)2-4(9)10;1-2-4-5-3-1/h13H,1-2H2,(H,7,8)(H,9,10)(H,11,12);1-2H,3H2. The number of hydrogen-bond acceptors (Lipinski definition) is 6. The van der Waals surface area contributed by atoms with Gasteiger partial charge in [-0.15, -0.1) is 0 Å². The number of rotatable bonds is 5. The van der Waals surface area contributed by atoms with Gasteiger partial charge in [-0.3, -0.25) is 9.59 Å². The van der Waals surface area contributed by atoms with Crippen molar-refractivity contribution in [2.24, 2.45) is 10.2 Å². The van der Waals surface area contributed by atoms with Crippen LogP contribution in [0.3, 0.4) is 0 Å². The van der Waals surface area contributed by atoms with Crippen LogP contribution < -0.4 is 0 Å². The Labute approximate surface area is 101 Å². The second-order valence-electron chi connectivity index (χ2n) is 3.30. The topological polar surface area (TPSA) is 157 Å². The molecule has 0 saturated heterocycles. The predicted molar refractivity (Wildman–Crippen MR) is 56.0 cm³/mol. The number of azo groups is 1. The van der Waals surface area contributed by atoms with Crippen LogP contribution in [0.15, 0.2) is 22.5 Å². The monoisotopic (exact) mass is 260 g/mol. The van der Waals surface area contributed by atoms with Gasteiger partial charge in [0.1, 0.15) is 0 Å². The van der Waals surface area contributed by atoms with Crippen LogP contribution >= 0.6 is 0 Å². The molecule has 1 rings (SSSR count). The fourth-order valence-corrected chi connectivity index (χ4v) is 0.950. The summed E-state index contributed by atoms with van der Waals surface area (Å²) in [5.74, 6) is -5.02. The maximum absolute atomic E-state index is 10.3. The average Bonchev–Trinajstić information content (AvgIpc) is 2.71. The molecular weight excluding hydrogens is 248 g/mol. The van der Waals surface area contributed by atoms with Crippen LogP contribution in [-0.4, -0.2) is 50.5 Å². The number of carboxylic acids is 3. The molecule has 0 saturated carbocycles. The lowest BCUT2D eigenvalue weighted by Crippen LogP contribution is -2.42. The second-order valence-corrected chi connectivity index (χ2v) is 3.30. The Hall–Kier alpha value is -2.29. The molecule has 18 heavy (non-hydrogen) atoms. The normalized spacial score (nSPS) is 12.7. The first-order chi connectivity index (χ1) is 8.28. The van der Waals surface area contributed by atoms with Gasteiger partial charge in [0.15, 0.2) is 5.60 Å². The van der Waals surface area contributed by atoms with Gasteiger partial charge in [0, 0.05) is 6.20 Å².